The zero-order chi connectivity index (χ0) is 21.5. The number of carbonyl (C=O) groups excluding carboxylic acids is 1. The maximum atomic E-state index is 13.6. The fourth-order valence-electron chi connectivity index (χ4n) is 4.85. The third-order valence-corrected chi connectivity index (χ3v) is 6.56. The van der Waals surface area contributed by atoms with Crippen LogP contribution >= 0.6 is 11.6 Å². The number of aliphatic hydroxyl groups is 1. The first-order valence-corrected chi connectivity index (χ1v) is 11.0. The topological polar surface area (TPSA) is 68.7 Å². The molecule has 1 aromatic heterocycles. The van der Waals surface area contributed by atoms with Gasteiger partial charge in [0.2, 0.25) is 0 Å². The van der Waals surface area contributed by atoms with Crippen LogP contribution in [-0.2, 0) is 6.42 Å². The molecule has 0 radical (unpaired) electrons. The van der Waals surface area contributed by atoms with E-state index < -0.39 is 6.10 Å². The molecule has 2 aromatic carbocycles. The molecule has 0 bridgehead atoms. The van der Waals surface area contributed by atoms with Crippen LogP contribution in [0.2, 0.25) is 5.15 Å². The molecule has 1 fully saturated rings. The molecule has 1 saturated heterocycles. The minimum Gasteiger partial charge on any atom is -0.390 e. The highest BCUT2D eigenvalue weighted by atomic mass is 35.5. The maximum Gasteiger partial charge on any atom is 0.257 e. The van der Waals surface area contributed by atoms with Crippen LogP contribution in [0.5, 0.6) is 0 Å². The second kappa shape index (κ2) is 8.11. The molecule has 3 heterocycles. The van der Waals surface area contributed by atoms with E-state index in [1.54, 1.807) is 12.3 Å². The van der Waals surface area contributed by atoms with Gasteiger partial charge in [-0.05, 0) is 48.0 Å². The number of β-amino-alcohol motifs (C(OH)–C–C–N with tert-alkyl or cyclic N) is 1. The van der Waals surface area contributed by atoms with E-state index in [1.165, 1.54) is 0 Å². The van der Waals surface area contributed by atoms with Crippen LogP contribution in [0.15, 0.2) is 48.7 Å². The Morgan fingerprint density at radius 3 is 2.77 bits per heavy atom. The van der Waals surface area contributed by atoms with Gasteiger partial charge in [-0.25, -0.2) is 4.98 Å². The molecule has 2 aliphatic heterocycles. The summed E-state index contributed by atoms with van der Waals surface area (Å²) < 4.78 is 0. The van der Waals surface area contributed by atoms with Crippen LogP contribution in [0.25, 0.3) is 10.8 Å². The first-order chi connectivity index (χ1) is 15.0. The number of hydrogen-bond acceptors (Lipinski definition) is 5. The van der Waals surface area contributed by atoms with Crippen molar-refractivity contribution in [1.82, 2.24) is 15.2 Å². The highest BCUT2D eigenvalue weighted by molar-refractivity contribution is 6.29. The quantitative estimate of drug-likeness (QED) is 0.617. The Morgan fingerprint density at radius 2 is 2.03 bits per heavy atom. The molecular formula is C24H25ClN4O2. The zero-order valence-electron chi connectivity index (χ0n) is 17.4. The molecule has 6 nitrogen and oxygen atoms in total. The molecule has 0 saturated carbocycles. The third-order valence-electron chi connectivity index (χ3n) is 6.34. The fraction of sp³-hybridized carbons (Fsp3) is 0.333. The van der Waals surface area contributed by atoms with E-state index in [-0.39, 0.29) is 11.9 Å². The third kappa shape index (κ3) is 3.65. The fourth-order valence-corrected chi connectivity index (χ4v) is 4.96. The molecule has 0 unspecified atom stereocenters. The van der Waals surface area contributed by atoms with Crippen LogP contribution in [0, 0.1) is 0 Å². The van der Waals surface area contributed by atoms with Crippen molar-refractivity contribution < 1.29 is 9.90 Å². The van der Waals surface area contributed by atoms with E-state index in [9.17, 15) is 9.90 Å². The Balaban J connectivity index is 1.61. The van der Waals surface area contributed by atoms with E-state index in [2.05, 4.69) is 27.3 Å². The van der Waals surface area contributed by atoms with Crippen molar-refractivity contribution in [1.29, 1.82) is 0 Å². The van der Waals surface area contributed by atoms with Crippen LogP contribution in [0.1, 0.15) is 27.9 Å². The molecule has 31 heavy (non-hydrogen) atoms. The number of nitrogens with zero attached hydrogens (tertiary/aromatic N) is 3. The number of aliphatic hydroxyl groups excluding tert-OH is 1. The molecule has 7 heteroatoms. The van der Waals surface area contributed by atoms with Crippen LogP contribution in [0.4, 0.5) is 5.69 Å². The molecule has 2 aliphatic rings. The monoisotopic (exact) mass is 436 g/mol. The van der Waals surface area contributed by atoms with Crippen LogP contribution < -0.4 is 10.2 Å². The van der Waals surface area contributed by atoms with Crippen molar-refractivity contribution in [3.8, 4) is 0 Å². The number of halogens is 1. The van der Waals surface area contributed by atoms with Gasteiger partial charge in [0.15, 0.2) is 0 Å². The predicted molar refractivity (Wildman–Crippen MR) is 123 cm³/mol. The summed E-state index contributed by atoms with van der Waals surface area (Å²) in [7, 11) is 2.01. The standard InChI is InChI=1S/C24H25ClN4O2/c1-28-14-29(20-8-9-26-13-21(20)30)24(31)19-11-16(10-15-6-7-22(25)27-12-15)17-4-2-3-5-18(17)23(19)28/h2-7,11-12,20-21,26,30H,8-10,13-14H2,1H3/t20-,21-/m0/s1. The van der Waals surface area contributed by atoms with E-state index in [1.807, 2.05) is 36.2 Å². The molecule has 0 spiro atoms. The Bertz CT molecular complexity index is 1130. The van der Waals surface area contributed by atoms with Crippen molar-refractivity contribution in [2.45, 2.75) is 25.0 Å². The normalized spacial score (nSPS) is 21.5. The molecular weight excluding hydrogens is 412 g/mol. The Hall–Kier alpha value is -2.67. The zero-order valence-corrected chi connectivity index (χ0v) is 18.1. The van der Waals surface area contributed by atoms with E-state index in [0.29, 0.717) is 30.4 Å². The average Bonchev–Trinajstić information content (AvgIpc) is 2.78. The number of nitrogens with one attached hydrogen (secondary N) is 1. The minimum absolute atomic E-state index is 0.0136. The van der Waals surface area contributed by atoms with E-state index in [0.717, 1.165) is 40.6 Å². The van der Waals surface area contributed by atoms with Gasteiger partial charge in [0.1, 0.15) is 5.15 Å². The number of anilines is 1. The first-order valence-electron chi connectivity index (χ1n) is 10.6. The lowest BCUT2D eigenvalue weighted by Crippen LogP contribution is -2.58. The van der Waals surface area contributed by atoms with Gasteiger partial charge < -0.3 is 20.2 Å². The van der Waals surface area contributed by atoms with Crippen molar-refractivity contribution >= 4 is 34.0 Å². The van der Waals surface area contributed by atoms with Gasteiger partial charge in [0, 0.05) is 25.2 Å². The number of amides is 1. The van der Waals surface area contributed by atoms with Gasteiger partial charge in [-0.1, -0.05) is 41.9 Å². The molecule has 160 valence electrons. The van der Waals surface area contributed by atoms with Gasteiger partial charge in [-0.2, -0.15) is 0 Å². The summed E-state index contributed by atoms with van der Waals surface area (Å²) >= 11 is 5.95. The van der Waals surface area contributed by atoms with E-state index in [4.69, 9.17) is 11.6 Å². The maximum absolute atomic E-state index is 13.6. The second-order valence-corrected chi connectivity index (χ2v) is 8.77. The highest BCUT2D eigenvalue weighted by Gasteiger charge is 2.37. The molecule has 2 N–H and O–H groups in total. The Morgan fingerprint density at radius 1 is 1.23 bits per heavy atom. The molecule has 0 aliphatic carbocycles. The SMILES string of the molecule is CN1CN([C@H]2CCNC[C@@H]2O)C(=O)c2cc(Cc3ccc(Cl)nc3)c3ccccc3c21. The van der Waals surface area contributed by atoms with Gasteiger partial charge in [0.25, 0.3) is 5.91 Å². The number of benzene rings is 2. The summed E-state index contributed by atoms with van der Waals surface area (Å²) in [4.78, 5) is 21.8. The average molecular weight is 437 g/mol. The molecule has 5 rings (SSSR count). The Kier molecular flexibility index (Phi) is 5.30. The summed E-state index contributed by atoms with van der Waals surface area (Å²) in [5.41, 5.74) is 3.76. The number of aromatic nitrogens is 1. The number of rotatable bonds is 3. The molecule has 3 aromatic rings. The molecule has 1 amide bonds. The number of pyridine rings is 1. The number of carbonyl (C=O) groups is 1. The Labute approximate surface area is 186 Å². The minimum atomic E-state index is -0.562. The van der Waals surface area contributed by atoms with Crippen molar-refractivity contribution in [2.75, 3.05) is 31.7 Å². The number of piperidine rings is 1. The lowest BCUT2D eigenvalue weighted by atomic mass is 9.91. The number of fused-ring (bicyclic) bond motifs is 3. The number of hydrogen-bond donors (Lipinski definition) is 2. The predicted octanol–water partition coefficient (Wildman–Crippen LogP) is 3.05. The van der Waals surface area contributed by atoms with Crippen LogP contribution in [0.3, 0.4) is 0 Å². The molecule has 2 atom stereocenters. The largest absolute Gasteiger partial charge is 0.390 e. The van der Waals surface area contributed by atoms with Crippen molar-refractivity contribution in [3.63, 3.8) is 0 Å². The van der Waals surface area contributed by atoms with Crippen molar-refractivity contribution in [3.05, 3.63) is 70.5 Å². The summed E-state index contributed by atoms with van der Waals surface area (Å²) in [6, 6.07) is 13.8. The summed E-state index contributed by atoms with van der Waals surface area (Å²) in [6.07, 6.45) is 2.62. The van der Waals surface area contributed by atoms with E-state index >= 15 is 0 Å². The lowest BCUT2D eigenvalue weighted by Gasteiger charge is -2.44. The smallest absolute Gasteiger partial charge is 0.257 e. The van der Waals surface area contributed by atoms with Crippen LogP contribution in [-0.4, -0.2) is 59.8 Å². The lowest BCUT2D eigenvalue weighted by molar-refractivity contribution is 0.0228. The summed E-state index contributed by atoms with van der Waals surface area (Å²) in [6.45, 7) is 1.78. The highest BCUT2D eigenvalue weighted by Crippen LogP contribution is 2.38. The van der Waals surface area contributed by atoms with Crippen molar-refractivity contribution in [2.24, 2.45) is 0 Å². The van der Waals surface area contributed by atoms with Gasteiger partial charge >= 0.3 is 0 Å². The first kappa shape index (κ1) is 20.2. The summed E-state index contributed by atoms with van der Waals surface area (Å²) in [5.74, 6) is -0.0136. The van der Waals surface area contributed by atoms with Gasteiger partial charge in [-0.3, -0.25) is 4.79 Å². The second-order valence-electron chi connectivity index (χ2n) is 8.39. The van der Waals surface area contributed by atoms with Gasteiger partial charge in [-0.15, -0.1) is 0 Å². The van der Waals surface area contributed by atoms with Gasteiger partial charge in [0.05, 0.1) is 30.1 Å². The summed E-state index contributed by atoms with van der Waals surface area (Å²) in [5, 5.41) is 16.4.